The molecule has 5 nitrogen and oxygen atoms in total. The lowest BCUT2D eigenvalue weighted by Gasteiger charge is -2.41. The number of nitrogens with zero attached hydrogens (tertiary/aromatic N) is 2. The van der Waals surface area contributed by atoms with E-state index in [-0.39, 0.29) is 18.7 Å². The van der Waals surface area contributed by atoms with E-state index in [9.17, 15) is 13.5 Å². The van der Waals surface area contributed by atoms with Crippen LogP contribution in [-0.2, 0) is 16.6 Å². The maximum absolute atomic E-state index is 12.9. The van der Waals surface area contributed by atoms with E-state index < -0.39 is 10.0 Å². The molecule has 0 radical (unpaired) electrons. The van der Waals surface area contributed by atoms with Crippen LogP contribution in [0.5, 0.6) is 0 Å². The van der Waals surface area contributed by atoms with Gasteiger partial charge >= 0.3 is 0 Å². The summed E-state index contributed by atoms with van der Waals surface area (Å²) in [5, 5.41) is 9.23. The van der Waals surface area contributed by atoms with Gasteiger partial charge in [0, 0.05) is 25.2 Å². The van der Waals surface area contributed by atoms with E-state index in [0.29, 0.717) is 29.1 Å². The summed E-state index contributed by atoms with van der Waals surface area (Å²) in [6, 6.07) is 5.46. The van der Waals surface area contributed by atoms with Crippen LogP contribution in [0.15, 0.2) is 23.1 Å². The van der Waals surface area contributed by atoms with Gasteiger partial charge in [0.2, 0.25) is 10.0 Å². The Morgan fingerprint density at radius 1 is 1.24 bits per heavy atom. The van der Waals surface area contributed by atoms with E-state index in [1.54, 1.807) is 29.4 Å². The Bertz CT molecular complexity index is 603. The molecule has 0 saturated carbocycles. The summed E-state index contributed by atoms with van der Waals surface area (Å²) in [5.41, 5.74) is 1.33. The molecule has 118 valence electrons. The van der Waals surface area contributed by atoms with Crippen LogP contribution >= 0.6 is 0 Å². The normalized spacial score (nSPS) is 25.2. The topological polar surface area (TPSA) is 60.9 Å². The maximum atomic E-state index is 12.9. The Morgan fingerprint density at radius 3 is 2.33 bits per heavy atom. The lowest BCUT2D eigenvalue weighted by atomic mass is 10.1. The summed E-state index contributed by atoms with van der Waals surface area (Å²) in [5.74, 6) is 0. The molecule has 1 aliphatic rings. The predicted molar refractivity (Wildman–Crippen MR) is 82.5 cm³/mol. The second kappa shape index (κ2) is 6.04. The minimum absolute atomic E-state index is 0.154. The smallest absolute Gasteiger partial charge is 0.243 e. The van der Waals surface area contributed by atoms with Crippen LogP contribution in [0.1, 0.15) is 25.0 Å². The van der Waals surface area contributed by atoms with Crippen molar-refractivity contribution in [1.29, 1.82) is 0 Å². The van der Waals surface area contributed by atoms with Gasteiger partial charge in [-0.25, -0.2) is 8.42 Å². The van der Waals surface area contributed by atoms with E-state index in [1.165, 1.54) is 0 Å². The van der Waals surface area contributed by atoms with E-state index in [4.69, 9.17) is 0 Å². The Hall–Kier alpha value is -0.950. The highest BCUT2D eigenvalue weighted by Gasteiger charge is 2.35. The quantitative estimate of drug-likeness (QED) is 0.911. The summed E-state index contributed by atoms with van der Waals surface area (Å²) in [4.78, 5) is 2.50. The number of rotatable bonds is 3. The van der Waals surface area contributed by atoms with Crippen LogP contribution in [0, 0.1) is 6.92 Å². The van der Waals surface area contributed by atoms with Crippen LogP contribution in [0.3, 0.4) is 0 Å². The van der Waals surface area contributed by atoms with Crippen molar-refractivity contribution in [3.05, 3.63) is 29.3 Å². The number of aliphatic hydroxyl groups is 1. The van der Waals surface area contributed by atoms with Gasteiger partial charge in [0.25, 0.3) is 0 Å². The van der Waals surface area contributed by atoms with Gasteiger partial charge in [0.05, 0.1) is 11.5 Å². The molecule has 0 amide bonds. The molecule has 1 aromatic carbocycles. The lowest BCUT2D eigenvalue weighted by molar-refractivity contribution is 0.105. The molecule has 1 aromatic rings. The van der Waals surface area contributed by atoms with Crippen LogP contribution in [0.4, 0.5) is 0 Å². The second-order valence-electron chi connectivity index (χ2n) is 5.94. The highest BCUT2D eigenvalue weighted by molar-refractivity contribution is 7.89. The third-order valence-corrected chi connectivity index (χ3v) is 6.35. The Balaban J connectivity index is 2.38. The van der Waals surface area contributed by atoms with Gasteiger partial charge in [0.15, 0.2) is 0 Å². The van der Waals surface area contributed by atoms with Crippen molar-refractivity contribution >= 4 is 10.0 Å². The van der Waals surface area contributed by atoms with Crippen molar-refractivity contribution < 1.29 is 13.5 Å². The summed E-state index contributed by atoms with van der Waals surface area (Å²) in [6.07, 6.45) is 0. The number of hydrogen-bond acceptors (Lipinski definition) is 4. The van der Waals surface area contributed by atoms with Crippen molar-refractivity contribution in [2.45, 2.75) is 44.4 Å². The third kappa shape index (κ3) is 3.13. The molecular formula is C15H24N2O3S. The van der Waals surface area contributed by atoms with E-state index in [0.717, 1.165) is 0 Å². The Kier molecular flexibility index (Phi) is 4.72. The number of aryl methyl sites for hydroxylation is 1. The van der Waals surface area contributed by atoms with Crippen LogP contribution < -0.4 is 0 Å². The molecule has 2 unspecified atom stereocenters. The zero-order valence-electron chi connectivity index (χ0n) is 13.1. The fraction of sp³-hybridized carbons (Fsp3) is 0.600. The van der Waals surface area contributed by atoms with Crippen molar-refractivity contribution in [2.24, 2.45) is 0 Å². The van der Waals surface area contributed by atoms with Gasteiger partial charge in [-0.2, -0.15) is 4.31 Å². The van der Waals surface area contributed by atoms with Gasteiger partial charge in [0.1, 0.15) is 0 Å². The van der Waals surface area contributed by atoms with Crippen LogP contribution in [0.2, 0.25) is 0 Å². The number of benzene rings is 1. The monoisotopic (exact) mass is 312 g/mol. The molecule has 1 fully saturated rings. The average molecular weight is 312 g/mol. The standard InChI is InChI=1S/C15H24N2O3S/c1-11-5-6-14(10-18)7-15(11)21(19,20)17-8-12(2)16(4)13(3)9-17/h5-7,12-13,18H,8-10H2,1-4H3. The first kappa shape index (κ1) is 16.4. The number of piperazine rings is 1. The molecule has 0 bridgehead atoms. The summed E-state index contributed by atoms with van der Waals surface area (Å²) in [7, 11) is -1.49. The highest BCUT2D eigenvalue weighted by atomic mass is 32.2. The van der Waals surface area contributed by atoms with E-state index in [2.05, 4.69) is 4.90 Å². The fourth-order valence-corrected chi connectivity index (χ4v) is 4.59. The minimum atomic E-state index is -3.52. The van der Waals surface area contributed by atoms with E-state index in [1.807, 2.05) is 20.9 Å². The summed E-state index contributed by atoms with van der Waals surface area (Å²) in [6.45, 7) is 6.69. The van der Waals surface area contributed by atoms with Crippen molar-refractivity contribution in [1.82, 2.24) is 9.21 Å². The number of aliphatic hydroxyl groups excluding tert-OH is 1. The van der Waals surface area contributed by atoms with Crippen LogP contribution in [-0.4, -0.2) is 55.0 Å². The molecule has 0 spiro atoms. The van der Waals surface area contributed by atoms with Gasteiger partial charge in [-0.15, -0.1) is 0 Å². The highest BCUT2D eigenvalue weighted by Crippen LogP contribution is 2.25. The molecule has 0 aromatic heterocycles. The first-order valence-electron chi connectivity index (χ1n) is 7.20. The van der Waals surface area contributed by atoms with Crippen molar-refractivity contribution in [2.75, 3.05) is 20.1 Å². The third-order valence-electron chi connectivity index (χ3n) is 4.38. The van der Waals surface area contributed by atoms with Gasteiger partial charge in [-0.1, -0.05) is 12.1 Å². The first-order valence-corrected chi connectivity index (χ1v) is 8.64. The second-order valence-corrected chi connectivity index (χ2v) is 7.85. The lowest BCUT2D eigenvalue weighted by Crippen LogP contribution is -2.56. The minimum Gasteiger partial charge on any atom is -0.392 e. The van der Waals surface area contributed by atoms with Gasteiger partial charge in [-0.05, 0) is 45.0 Å². The number of sulfonamides is 1. The zero-order valence-corrected chi connectivity index (χ0v) is 13.9. The molecular weight excluding hydrogens is 288 g/mol. The van der Waals surface area contributed by atoms with Gasteiger partial charge < -0.3 is 5.11 Å². The molecule has 2 atom stereocenters. The molecule has 1 heterocycles. The molecule has 1 saturated heterocycles. The van der Waals surface area contributed by atoms with Gasteiger partial charge in [-0.3, -0.25) is 4.90 Å². The predicted octanol–water partition coefficient (Wildman–Crippen LogP) is 1.20. The number of hydrogen-bond donors (Lipinski definition) is 1. The molecule has 6 heteroatoms. The molecule has 2 rings (SSSR count). The fourth-order valence-electron chi connectivity index (χ4n) is 2.71. The first-order chi connectivity index (χ1) is 9.77. The van der Waals surface area contributed by atoms with E-state index >= 15 is 0 Å². The largest absolute Gasteiger partial charge is 0.392 e. The zero-order chi connectivity index (χ0) is 15.8. The summed E-state index contributed by atoms with van der Waals surface area (Å²) >= 11 is 0. The summed E-state index contributed by atoms with van der Waals surface area (Å²) < 4.78 is 27.4. The molecule has 1 N–H and O–H groups in total. The molecule has 1 aliphatic heterocycles. The van der Waals surface area contributed by atoms with Crippen LogP contribution in [0.25, 0.3) is 0 Å². The van der Waals surface area contributed by atoms with Crippen molar-refractivity contribution in [3.8, 4) is 0 Å². The van der Waals surface area contributed by atoms with Crippen molar-refractivity contribution in [3.63, 3.8) is 0 Å². The molecule has 0 aliphatic carbocycles. The maximum Gasteiger partial charge on any atom is 0.243 e. The Morgan fingerprint density at radius 2 is 1.81 bits per heavy atom. The SMILES string of the molecule is Cc1ccc(CO)cc1S(=O)(=O)N1CC(C)N(C)C(C)C1. The number of likely N-dealkylation sites (N-methyl/N-ethyl adjacent to an activating group) is 1. The molecule has 21 heavy (non-hydrogen) atoms. The Labute approximate surface area is 127 Å². The average Bonchev–Trinajstić information content (AvgIpc) is 2.44.